The van der Waals surface area contributed by atoms with Crippen LogP contribution in [0.5, 0.6) is 5.75 Å². The van der Waals surface area contributed by atoms with Crippen molar-refractivity contribution >= 4 is 17.5 Å². The molecule has 4 rings (SSSR count). The third-order valence-electron chi connectivity index (χ3n) is 7.53. The van der Waals surface area contributed by atoms with E-state index in [1.54, 1.807) is 7.11 Å². The zero-order valence-electron chi connectivity index (χ0n) is 21.2. The van der Waals surface area contributed by atoms with Crippen LogP contribution < -0.4 is 10.1 Å². The van der Waals surface area contributed by atoms with Crippen LogP contribution in [-0.4, -0.2) is 60.9 Å². The van der Waals surface area contributed by atoms with Crippen LogP contribution in [0.4, 0.5) is 5.69 Å². The number of nitrogens with one attached hydrogen (secondary N) is 1. The van der Waals surface area contributed by atoms with Crippen LogP contribution in [-0.2, 0) is 11.2 Å². The molecule has 35 heavy (non-hydrogen) atoms. The van der Waals surface area contributed by atoms with E-state index in [-0.39, 0.29) is 17.7 Å². The van der Waals surface area contributed by atoms with Crippen molar-refractivity contribution in [1.82, 2.24) is 9.80 Å². The van der Waals surface area contributed by atoms with Gasteiger partial charge in [0.2, 0.25) is 5.91 Å². The number of carbonyl (C=O) groups is 2. The summed E-state index contributed by atoms with van der Waals surface area (Å²) in [6.07, 6.45) is 7.20. The van der Waals surface area contributed by atoms with Gasteiger partial charge in [0.05, 0.1) is 7.11 Å². The molecule has 2 aromatic carbocycles. The maximum atomic E-state index is 13.0. The van der Waals surface area contributed by atoms with Crippen LogP contribution in [0.2, 0.25) is 0 Å². The number of piperidine rings is 2. The molecule has 0 atom stereocenters. The van der Waals surface area contributed by atoms with Crippen molar-refractivity contribution in [3.63, 3.8) is 0 Å². The molecule has 0 radical (unpaired) electrons. The van der Waals surface area contributed by atoms with Crippen LogP contribution in [0, 0.1) is 5.92 Å². The quantitative estimate of drug-likeness (QED) is 0.582. The van der Waals surface area contributed by atoms with Crippen LogP contribution in [0.15, 0.2) is 48.5 Å². The smallest absolute Gasteiger partial charge is 0.253 e. The predicted molar refractivity (Wildman–Crippen MR) is 140 cm³/mol. The van der Waals surface area contributed by atoms with Crippen molar-refractivity contribution in [3.8, 4) is 5.75 Å². The second-order valence-electron chi connectivity index (χ2n) is 9.86. The first kappa shape index (κ1) is 25.2. The number of rotatable bonds is 8. The highest BCUT2D eigenvalue weighted by molar-refractivity contribution is 5.94. The van der Waals surface area contributed by atoms with Gasteiger partial charge in [-0.2, -0.15) is 0 Å². The van der Waals surface area contributed by atoms with Gasteiger partial charge in [-0.05, 0) is 81.4 Å². The Morgan fingerprint density at radius 3 is 2.34 bits per heavy atom. The highest BCUT2D eigenvalue weighted by Crippen LogP contribution is 2.26. The van der Waals surface area contributed by atoms with E-state index in [0.717, 1.165) is 75.3 Å². The summed E-state index contributed by atoms with van der Waals surface area (Å²) in [6, 6.07) is 16.2. The highest BCUT2D eigenvalue weighted by Gasteiger charge is 2.32. The predicted octanol–water partition coefficient (Wildman–Crippen LogP) is 4.99. The van der Waals surface area contributed by atoms with Crippen LogP contribution in [0.3, 0.4) is 0 Å². The number of aryl methyl sites for hydroxylation is 1. The molecule has 0 aromatic heterocycles. The molecule has 0 spiro atoms. The first-order chi connectivity index (χ1) is 17.1. The van der Waals surface area contributed by atoms with Crippen LogP contribution >= 0.6 is 0 Å². The van der Waals surface area contributed by atoms with Crippen LogP contribution in [0.1, 0.15) is 61.4 Å². The average Bonchev–Trinajstić information content (AvgIpc) is 2.92. The average molecular weight is 478 g/mol. The minimum atomic E-state index is 0.0411. The Bertz CT molecular complexity index is 975. The molecule has 1 N–H and O–H groups in total. The summed E-state index contributed by atoms with van der Waals surface area (Å²) in [5.41, 5.74) is 2.89. The zero-order valence-corrected chi connectivity index (χ0v) is 21.2. The molecule has 0 bridgehead atoms. The molecule has 0 unspecified atom stereocenters. The van der Waals surface area contributed by atoms with Gasteiger partial charge in [-0.25, -0.2) is 0 Å². The Hall–Kier alpha value is -2.86. The standard InChI is InChI=1S/C29H39N3O3/c1-3-4-6-22-9-11-24(12-10-22)29(34)32-19-15-26(16-20-32)31-17-13-23(14-18-31)28(33)30-25-7-5-8-27(21-25)35-2/h5,7-12,21,23,26H,3-4,6,13-20H2,1-2H3,(H,30,33). The van der Waals surface area contributed by atoms with Gasteiger partial charge in [-0.1, -0.05) is 31.5 Å². The fraction of sp³-hybridized carbons (Fsp3) is 0.517. The maximum Gasteiger partial charge on any atom is 0.253 e. The minimum Gasteiger partial charge on any atom is -0.497 e. The Balaban J connectivity index is 1.21. The molecule has 2 aliphatic rings. The maximum absolute atomic E-state index is 13.0. The zero-order chi connectivity index (χ0) is 24.6. The van der Waals surface area contributed by atoms with Gasteiger partial charge in [-0.3, -0.25) is 9.59 Å². The number of likely N-dealkylation sites (tertiary alicyclic amines) is 2. The number of hydrogen-bond acceptors (Lipinski definition) is 4. The molecule has 2 amide bonds. The minimum absolute atomic E-state index is 0.0411. The summed E-state index contributed by atoms with van der Waals surface area (Å²) < 4.78 is 5.25. The molecule has 2 aromatic rings. The van der Waals surface area contributed by atoms with Crippen molar-refractivity contribution in [3.05, 3.63) is 59.7 Å². The molecule has 0 aliphatic carbocycles. The molecule has 188 valence electrons. The summed E-state index contributed by atoms with van der Waals surface area (Å²) >= 11 is 0. The molecule has 2 saturated heterocycles. The van der Waals surface area contributed by atoms with E-state index in [2.05, 4.69) is 29.3 Å². The third kappa shape index (κ3) is 6.63. The van der Waals surface area contributed by atoms with Gasteiger partial charge in [0, 0.05) is 42.4 Å². The van der Waals surface area contributed by atoms with Crippen molar-refractivity contribution in [1.29, 1.82) is 0 Å². The van der Waals surface area contributed by atoms with Gasteiger partial charge in [0.25, 0.3) is 5.91 Å². The lowest BCUT2D eigenvalue weighted by Gasteiger charge is -2.41. The second-order valence-corrected chi connectivity index (χ2v) is 9.86. The number of ether oxygens (including phenoxy) is 1. The van der Waals surface area contributed by atoms with Crippen LogP contribution in [0.25, 0.3) is 0 Å². The summed E-state index contributed by atoms with van der Waals surface area (Å²) in [7, 11) is 1.63. The number of carbonyl (C=O) groups excluding carboxylic acids is 2. The fourth-order valence-corrected chi connectivity index (χ4v) is 5.28. The number of methoxy groups -OCH3 is 1. The van der Waals surface area contributed by atoms with E-state index >= 15 is 0 Å². The van der Waals surface area contributed by atoms with E-state index in [0.29, 0.717) is 6.04 Å². The largest absolute Gasteiger partial charge is 0.497 e. The number of hydrogen-bond donors (Lipinski definition) is 1. The molecule has 2 heterocycles. The number of amides is 2. The summed E-state index contributed by atoms with van der Waals surface area (Å²) in [4.78, 5) is 30.3. The topological polar surface area (TPSA) is 61.9 Å². The molecule has 2 aliphatic heterocycles. The Morgan fingerprint density at radius 1 is 0.971 bits per heavy atom. The molecule has 6 nitrogen and oxygen atoms in total. The lowest BCUT2D eigenvalue weighted by Crippen LogP contribution is -2.49. The van der Waals surface area contributed by atoms with Gasteiger partial charge < -0.3 is 19.9 Å². The number of benzene rings is 2. The SMILES string of the molecule is CCCCc1ccc(C(=O)N2CCC(N3CCC(C(=O)Nc4cccc(OC)c4)CC3)CC2)cc1. The van der Waals surface area contributed by atoms with E-state index in [4.69, 9.17) is 4.74 Å². The monoisotopic (exact) mass is 477 g/mol. The van der Waals surface area contributed by atoms with E-state index in [1.807, 2.05) is 41.3 Å². The fourth-order valence-electron chi connectivity index (χ4n) is 5.28. The second kappa shape index (κ2) is 12.2. The molecule has 0 saturated carbocycles. The van der Waals surface area contributed by atoms with E-state index < -0.39 is 0 Å². The van der Waals surface area contributed by atoms with Crippen molar-refractivity contribution < 1.29 is 14.3 Å². The van der Waals surface area contributed by atoms with Crippen molar-refractivity contribution in [2.45, 2.75) is 57.9 Å². The normalized spacial score (nSPS) is 17.8. The third-order valence-corrected chi connectivity index (χ3v) is 7.53. The first-order valence-electron chi connectivity index (χ1n) is 13.1. The van der Waals surface area contributed by atoms with Crippen molar-refractivity contribution in [2.75, 3.05) is 38.6 Å². The van der Waals surface area contributed by atoms with Gasteiger partial charge in [-0.15, -0.1) is 0 Å². The summed E-state index contributed by atoms with van der Waals surface area (Å²) in [5, 5.41) is 3.05. The molecule has 6 heteroatoms. The van der Waals surface area contributed by atoms with E-state index in [1.165, 1.54) is 18.4 Å². The summed E-state index contributed by atoms with van der Waals surface area (Å²) in [5.74, 6) is 1.03. The lowest BCUT2D eigenvalue weighted by molar-refractivity contribution is -0.121. The summed E-state index contributed by atoms with van der Waals surface area (Å²) in [6.45, 7) is 5.68. The van der Waals surface area contributed by atoms with Gasteiger partial charge >= 0.3 is 0 Å². The van der Waals surface area contributed by atoms with E-state index in [9.17, 15) is 9.59 Å². The first-order valence-corrected chi connectivity index (χ1v) is 13.1. The number of unbranched alkanes of at least 4 members (excludes halogenated alkanes) is 1. The Morgan fingerprint density at radius 2 is 1.69 bits per heavy atom. The molecular formula is C29H39N3O3. The van der Waals surface area contributed by atoms with Crippen molar-refractivity contribution in [2.24, 2.45) is 5.92 Å². The van der Waals surface area contributed by atoms with Gasteiger partial charge in [0.1, 0.15) is 5.75 Å². The van der Waals surface area contributed by atoms with Gasteiger partial charge in [0.15, 0.2) is 0 Å². The molecule has 2 fully saturated rings. The Kier molecular flexibility index (Phi) is 8.80. The highest BCUT2D eigenvalue weighted by atomic mass is 16.5. The lowest BCUT2D eigenvalue weighted by atomic mass is 9.92. The number of nitrogens with zero attached hydrogens (tertiary/aromatic N) is 2. The Labute approximate surface area is 209 Å². The molecular weight excluding hydrogens is 438 g/mol. The number of anilines is 1.